The molecule has 1 aromatic rings. The largest absolute Gasteiger partial charge is 0.381 e. The van der Waals surface area contributed by atoms with Crippen molar-refractivity contribution in [2.75, 3.05) is 31.2 Å². The molecule has 0 saturated carbocycles. The number of aldehydes is 1. The molecule has 4 heteroatoms. The third kappa shape index (κ3) is 3.79. The maximum Gasteiger partial charge on any atom is 0.146 e. The molecule has 118 valence electrons. The number of benzene rings is 1. The standard InChI is InChI=1S/C18H22BrNO2/c19-17-3-4-18-16(11-17)10-15(13-21)2-1-7-20(18)12-14-5-8-22-9-6-14/h3-4,10-11,13-14H,1-2,5-9,12H2/b15-10+. The van der Waals surface area contributed by atoms with Crippen LogP contribution in [0.2, 0.25) is 0 Å². The van der Waals surface area contributed by atoms with Gasteiger partial charge in [0.25, 0.3) is 0 Å². The van der Waals surface area contributed by atoms with E-state index in [0.717, 1.165) is 73.9 Å². The Kier molecular flexibility index (Phi) is 5.32. The fraction of sp³-hybridized carbons (Fsp3) is 0.500. The van der Waals surface area contributed by atoms with Crippen LogP contribution in [0.4, 0.5) is 5.69 Å². The van der Waals surface area contributed by atoms with Crippen LogP contribution in [-0.2, 0) is 9.53 Å². The van der Waals surface area contributed by atoms with E-state index in [1.807, 2.05) is 6.08 Å². The first-order valence-corrected chi connectivity index (χ1v) is 8.83. The van der Waals surface area contributed by atoms with Gasteiger partial charge in [0.05, 0.1) is 0 Å². The molecule has 0 atom stereocenters. The van der Waals surface area contributed by atoms with Gasteiger partial charge in [-0.15, -0.1) is 0 Å². The molecule has 2 heterocycles. The van der Waals surface area contributed by atoms with Crippen LogP contribution >= 0.6 is 15.9 Å². The van der Waals surface area contributed by atoms with Gasteiger partial charge in [-0.05, 0) is 67.0 Å². The number of fused-ring (bicyclic) bond motifs is 1. The van der Waals surface area contributed by atoms with E-state index < -0.39 is 0 Å². The Morgan fingerprint density at radius 3 is 2.91 bits per heavy atom. The number of hydrogen-bond acceptors (Lipinski definition) is 3. The van der Waals surface area contributed by atoms with Crippen LogP contribution in [0.3, 0.4) is 0 Å². The highest BCUT2D eigenvalue weighted by molar-refractivity contribution is 9.10. The summed E-state index contributed by atoms with van der Waals surface area (Å²) in [7, 11) is 0. The van der Waals surface area contributed by atoms with Crippen molar-refractivity contribution < 1.29 is 9.53 Å². The number of nitrogens with zero attached hydrogens (tertiary/aromatic N) is 1. The minimum atomic E-state index is 0.708. The van der Waals surface area contributed by atoms with E-state index in [1.54, 1.807) is 0 Å². The first kappa shape index (κ1) is 15.8. The number of carbonyl (C=O) groups excluding carboxylic acids is 1. The third-order valence-electron chi connectivity index (χ3n) is 4.54. The van der Waals surface area contributed by atoms with Crippen LogP contribution in [-0.4, -0.2) is 32.6 Å². The monoisotopic (exact) mass is 363 g/mol. The average molecular weight is 364 g/mol. The van der Waals surface area contributed by atoms with Crippen molar-refractivity contribution in [1.82, 2.24) is 0 Å². The van der Waals surface area contributed by atoms with Gasteiger partial charge in [0.15, 0.2) is 0 Å². The second kappa shape index (κ2) is 7.42. The summed E-state index contributed by atoms with van der Waals surface area (Å²) in [5, 5.41) is 0. The SMILES string of the molecule is O=C/C1=C/c2cc(Br)ccc2N(CC2CCOCC2)CCC1. The topological polar surface area (TPSA) is 29.5 Å². The predicted molar refractivity (Wildman–Crippen MR) is 93.2 cm³/mol. The summed E-state index contributed by atoms with van der Waals surface area (Å²) in [5.41, 5.74) is 3.28. The number of anilines is 1. The van der Waals surface area contributed by atoms with Gasteiger partial charge in [-0.2, -0.15) is 0 Å². The molecule has 0 unspecified atom stereocenters. The Labute approximate surface area is 140 Å². The van der Waals surface area contributed by atoms with Crippen LogP contribution in [0, 0.1) is 5.92 Å². The highest BCUT2D eigenvalue weighted by atomic mass is 79.9. The first-order chi connectivity index (χ1) is 10.8. The lowest BCUT2D eigenvalue weighted by Crippen LogP contribution is -2.34. The Morgan fingerprint density at radius 1 is 1.32 bits per heavy atom. The maximum atomic E-state index is 11.2. The van der Waals surface area contributed by atoms with Gasteiger partial charge in [-0.1, -0.05) is 15.9 Å². The minimum Gasteiger partial charge on any atom is -0.381 e. The number of hydrogen-bond donors (Lipinski definition) is 0. The molecule has 0 aliphatic carbocycles. The van der Waals surface area contributed by atoms with Gasteiger partial charge in [0, 0.05) is 36.5 Å². The van der Waals surface area contributed by atoms with E-state index in [0.29, 0.717) is 5.92 Å². The molecule has 1 saturated heterocycles. The second-order valence-corrected chi connectivity index (χ2v) is 7.06. The molecule has 3 nitrogen and oxygen atoms in total. The zero-order valence-corrected chi connectivity index (χ0v) is 14.3. The average Bonchev–Trinajstić information content (AvgIpc) is 2.52. The Hall–Kier alpha value is -1.13. The number of ether oxygens (including phenoxy) is 1. The Morgan fingerprint density at radius 2 is 2.14 bits per heavy atom. The summed E-state index contributed by atoms with van der Waals surface area (Å²) in [4.78, 5) is 13.7. The van der Waals surface area contributed by atoms with Crippen molar-refractivity contribution in [1.29, 1.82) is 0 Å². The molecule has 22 heavy (non-hydrogen) atoms. The summed E-state index contributed by atoms with van der Waals surface area (Å²) in [6, 6.07) is 6.37. The fourth-order valence-electron chi connectivity index (χ4n) is 3.32. The smallest absolute Gasteiger partial charge is 0.146 e. The zero-order valence-electron chi connectivity index (χ0n) is 12.8. The van der Waals surface area contributed by atoms with E-state index in [-0.39, 0.29) is 0 Å². The maximum absolute atomic E-state index is 11.2. The number of halogens is 1. The minimum absolute atomic E-state index is 0.708. The molecule has 1 aromatic carbocycles. The van der Waals surface area contributed by atoms with E-state index in [9.17, 15) is 4.79 Å². The van der Waals surface area contributed by atoms with Crippen molar-refractivity contribution in [3.8, 4) is 0 Å². The van der Waals surface area contributed by atoms with Gasteiger partial charge in [0.2, 0.25) is 0 Å². The highest BCUT2D eigenvalue weighted by Crippen LogP contribution is 2.31. The van der Waals surface area contributed by atoms with Crippen LogP contribution in [0.25, 0.3) is 6.08 Å². The number of carbonyl (C=O) groups is 1. The second-order valence-electron chi connectivity index (χ2n) is 6.15. The quantitative estimate of drug-likeness (QED) is 0.758. The molecule has 3 rings (SSSR count). The molecule has 0 N–H and O–H groups in total. The number of allylic oxidation sites excluding steroid dienone is 1. The van der Waals surface area contributed by atoms with Gasteiger partial charge in [0.1, 0.15) is 6.29 Å². The molecule has 0 bridgehead atoms. The Bertz CT molecular complexity index is 564. The van der Waals surface area contributed by atoms with Crippen LogP contribution in [0.5, 0.6) is 0 Å². The summed E-state index contributed by atoms with van der Waals surface area (Å²) in [5.74, 6) is 0.708. The van der Waals surface area contributed by atoms with Gasteiger partial charge in [-0.25, -0.2) is 0 Å². The lowest BCUT2D eigenvalue weighted by atomic mass is 9.97. The van der Waals surface area contributed by atoms with Crippen molar-refractivity contribution in [3.05, 3.63) is 33.8 Å². The van der Waals surface area contributed by atoms with Crippen LogP contribution < -0.4 is 4.90 Å². The van der Waals surface area contributed by atoms with Gasteiger partial charge in [-0.3, -0.25) is 4.79 Å². The van der Waals surface area contributed by atoms with Gasteiger partial charge < -0.3 is 9.64 Å². The molecule has 0 spiro atoms. The zero-order chi connectivity index (χ0) is 15.4. The lowest BCUT2D eigenvalue weighted by molar-refractivity contribution is -0.105. The summed E-state index contributed by atoms with van der Waals surface area (Å²) in [6.45, 7) is 3.88. The summed E-state index contributed by atoms with van der Waals surface area (Å²) < 4.78 is 6.53. The van der Waals surface area contributed by atoms with E-state index in [4.69, 9.17) is 4.74 Å². The van der Waals surface area contributed by atoms with Crippen molar-refractivity contribution in [3.63, 3.8) is 0 Å². The molecule has 2 aliphatic heterocycles. The molecule has 0 amide bonds. The normalized spacial score (nSPS) is 22.2. The van der Waals surface area contributed by atoms with E-state index >= 15 is 0 Å². The van der Waals surface area contributed by atoms with Gasteiger partial charge >= 0.3 is 0 Å². The van der Waals surface area contributed by atoms with E-state index in [2.05, 4.69) is 39.0 Å². The van der Waals surface area contributed by atoms with Crippen LogP contribution in [0.15, 0.2) is 28.2 Å². The first-order valence-electron chi connectivity index (χ1n) is 8.04. The molecule has 2 aliphatic rings. The molecule has 1 fully saturated rings. The predicted octanol–water partition coefficient (Wildman–Crippen LogP) is 4.06. The van der Waals surface area contributed by atoms with E-state index in [1.165, 1.54) is 5.69 Å². The third-order valence-corrected chi connectivity index (χ3v) is 5.03. The van der Waals surface area contributed by atoms with Crippen molar-refractivity contribution in [2.45, 2.75) is 25.7 Å². The lowest BCUT2D eigenvalue weighted by Gasteiger charge is -2.33. The van der Waals surface area contributed by atoms with Crippen molar-refractivity contribution >= 4 is 34.0 Å². The molecule has 0 aromatic heterocycles. The molecule has 0 radical (unpaired) electrons. The fourth-order valence-corrected chi connectivity index (χ4v) is 3.70. The van der Waals surface area contributed by atoms with Crippen LogP contribution in [0.1, 0.15) is 31.2 Å². The summed E-state index contributed by atoms with van der Waals surface area (Å²) >= 11 is 3.54. The van der Waals surface area contributed by atoms with Crippen molar-refractivity contribution in [2.24, 2.45) is 5.92 Å². The molecular weight excluding hydrogens is 342 g/mol. The highest BCUT2D eigenvalue weighted by Gasteiger charge is 2.20. The number of rotatable bonds is 3. The molecular formula is C18H22BrNO2. The summed E-state index contributed by atoms with van der Waals surface area (Å²) in [6.07, 6.45) is 7.24. The Balaban J connectivity index is 1.88.